The van der Waals surface area contributed by atoms with Gasteiger partial charge < -0.3 is 14.8 Å². The van der Waals surface area contributed by atoms with Gasteiger partial charge in [0.25, 0.3) is 5.91 Å². The minimum absolute atomic E-state index is 0.171. The predicted molar refractivity (Wildman–Crippen MR) is 93.0 cm³/mol. The van der Waals surface area contributed by atoms with Gasteiger partial charge in [-0.3, -0.25) is 4.79 Å². The average Bonchev–Trinajstić information content (AvgIpc) is 2.54. The van der Waals surface area contributed by atoms with E-state index in [1.807, 2.05) is 0 Å². The molecule has 0 heterocycles. The number of esters is 1. The first kappa shape index (κ1) is 18.1. The zero-order valence-electron chi connectivity index (χ0n) is 13.0. The Morgan fingerprint density at radius 2 is 1.71 bits per heavy atom. The van der Waals surface area contributed by atoms with Crippen molar-refractivity contribution in [2.45, 2.75) is 13.0 Å². The second-order valence-corrected chi connectivity index (χ2v) is 5.77. The molecular weight excluding hydrogens is 353 g/mol. The highest BCUT2D eigenvalue weighted by Crippen LogP contribution is 2.24. The predicted octanol–water partition coefficient (Wildman–Crippen LogP) is 4.19. The number of para-hydroxylation sites is 2. The summed E-state index contributed by atoms with van der Waals surface area (Å²) in [5.41, 5.74) is 0.656. The minimum Gasteiger partial charge on any atom is -0.495 e. The normalized spacial score (nSPS) is 11.5. The second kappa shape index (κ2) is 8.04. The Morgan fingerprint density at radius 3 is 2.33 bits per heavy atom. The summed E-state index contributed by atoms with van der Waals surface area (Å²) < 4.78 is 10.3. The van der Waals surface area contributed by atoms with E-state index in [0.717, 1.165) is 0 Å². The first-order valence-electron chi connectivity index (χ1n) is 7.01. The number of hydrogen-bond acceptors (Lipinski definition) is 4. The molecule has 2 aromatic rings. The summed E-state index contributed by atoms with van der Waals surface area (Å²) in [6.45, 7) is 1.47. The lowest BCUT2D eigenvalue weighted by Crippen LogP contribution is -2.30. The fraction of sp³-hybridized carbons (Fsp3) is 0.176. The van der Waals surface area contributed by atoms with Crippen molar-refractivity contribution >= 4 is 40.8 Å². The molecule has 0 aliphatic heterocycles. The van der Waals surface area contributed by atoms with Gasteiger partial charge in [-0.15, -0.1) is 0 Å². The number of halogens is 2. The molecule has 0 saturated carbocycles. The van der Waals surface area contributed by atoms with Gasteiger partial charge in [0.2, 0.25) is 0 Å². The molecule has 0 aliphatic carbocycles. The highest BCUT2D eigenvalue weighted by Gasteiger charge is 2.20. The minimum atomic E-state index is -1.01. The monoisotopic (exact) mass is 367 g/mol. The van der Waals surface area contributed by atoms with Crippen LogP contribution in [0.15, 0.2) is 42.5 Å². The average molecular weight is 368 g/mol. The molecule has 0 spiro atoms. The van der Waals surface area contributed by atoms with Gasteiger partial charge >= 0.3 is 5.97 Å². The molecule has 24 heavy (non-hydrogen) atoms. The molecule has 0 aromatic heterocycles. The molecule has 0 saturated heterocycles. The fourth-order valence-electron chi connectivity index (χ4n) is 1.94. The molecule has 0 unspecified atom stereocenters. The largest absolute Gasteiger partial charge is 0.495 e. The summed E-state index contributed by atoms with van der Waals surface area (Å²) >= 11 is 11.7. The topological polar surface area (TPSA) is 64.6 Å². The number of benzene rings is 2. The highest BCUT2D eigenvalue weighted by molar-refractivity contribution is 6.35. The van der Waals surface area contributed by atoms with E-state index in [9.17, 15) is 9.59 Å². The number of rotatable bonds is 5. The van der Waals surface area contributed by atoms with E-state index in [-0.39, 0.29) is 5.56 Å². The van der Waals surface area contributed by atoms with E-state index >= 15 is 0 Å². The number of methoxy groups -OCH3 is 1. The lowest BCUT2D eigenvalue weighted by atomic mass is 10.2. The second-order valence-electron chi connectivity index (χ2n) is 4.90. The molecule has 0 fully saturated rings. The van der Waals surface area contributed by atoms with Crippen molar-refractivity contribution in [3.05, 3.63) is 58.1 Å². The lowest BCUT2D eigenvalue weighted by molar-refractivity contribution is -0.123. The van der Waals surface area contributed by atoms with E-state index in [1.165, 1.54) is 32.2 Å². The van der Waals surface area contributed by atoms with Crippen LogP contribution in [-0.2, 0) is 9.53 Å². The SMILES string of the molecule is COc1ccccc1NC(=O)[C@H](C)OC(=O)c1cc(Cl)cc(Cl)c1. The molecule has 5 nitrogen and oxygen atoms in total. The smallest absolute Gasteiger partial charge is 0.339 e. The highest BCUT2D eigenvalue weighted by atomic mass is 35.5. The van der Waals surface area contributed by atoms with Crippen LogP contribution in [0, 0.1) is 0 Å². The molecule has 126 valence electrons. The van der Waals surface area contributed by atoms with Gasteiger partial charge in [-0.2, -0.15) is 0 Å². The van der Waals surface area contributed by atoms with Crippen LogP contribution in [0.5, 0.6) is 5.75 Å². The maximum Gasteiger partial charge on any atom is 0.339 e. The molecule has 1 N–H and O–H groups in total. The van der Waals surface area contributed by atoms with Crippen LogP contribution >= 0.6 is 23.2 Å². The fourth-order valence-corrected chi connectivity index (χ4v) is 2.46. The van der Waals surface area contributed by atoms with Crippen molar-refractivity contribution in [1.82, 2.24) is 0 Å². The van der Waals surface area contributed by atoms with E-state index in [0.29, 0.717) is 21.5 Å². The molecule has 0 bridgehead atoms. The number of anilines is 1. The van der Waals surface area contributed by atoms with Crippen LogP contribution in [0.2, 0.25) is 10.0 Å². The molecule has 2 rings (SSSR count). The Morgan fingerprint density at radius 1 is 1.08 bits per heavy atom. The van der Waals surface area contributed by atoms with Crippen LogP contribution in [0.25, 0.3) is 0 Å². The number of carbonyl (C=O) groups excluding carboxylic acids is 2. The van der Waals surface area contributed by atoms with Crippen LogP contribution in [0.1, 0.15) is 17.3 Å². The molecular formula is C17H15Cl2NO4. The Balaban J connectivity index is 2.04. The van der Waals surface area contributed by atoms with Crippen molar-refractivity contribution in [2.24, 2.45) is 0 Å². The van der Waals surface area contributed by atoms with Crippen LogP contribution in [-0.4, -0.2) is 25.1 Å². The molecule has 7 heteroatoms. The van der Waals surface area contributed by atoms with Crippen molar-refractivity contribution < 1.29 is 19.1 Å². The lowest BCUT2D eigenvalue weighted by Gasteiger charge is -2.15. The summed E-state index contributed by atoms with van der Waals surface area (Å²) in [5, 5.41) is 3.26. The van der Waals surface area contributed by atoms with E-state index in [2.05, 4.69) is 5.32 Å². The summed E-state index contributed by atoms with van der Waals surface area (Å²) in [5.74, 6) is -0.672. The van der Waals surface area contributed by atoms with Crippen LogP contribution in [0.4, 0.5) is 5.69 Å². The Kier molecular flexibility index (Phi) is 6.06. The third kappa shape index (κ3) is 4.63. The summed E-state index contributed by atoms with van der Waals surface area (Å²) in [4.78, 5) is 24.3. The van der Waals surface area contributed by atoms with E-state index < -0.39 is 18.0 Å². The molecule has 2 aromatic carbocycles. The molecule has 1 atom stereocenters. The van der Waals surface area contributed by atoms with Gasteiger partial charge in [-0.05, 0) is 37.3 Å². The van der Waals surface area contributed by atoms with Crippen molar-refractivity contribution in [1.29, 1.82) is 0 Å². The number of nitrogens with one attached hydrogen (secondary N) is 1. The van der Waals surface area contributed by atoms with Gasteiger partial charge in [0, 0.05) is 10.0 Å². The van der Waals surface area contributed by atoms with E-state index in [4.69, 9.17) is 32.7 Å². The molecule has 0 radical (unpaired) electrons. The number of carbonyl (C=O) groups is 2. The Hall–Kier alpha value is -2.24. The van der Waals surface area contributed by atoms with Gasteiger partial charge in [0.1, 0.15) is 5.75 Å². The van der Waals surface area contributed by atoms with Gasteiger partial charge in [-0.25, -0.2) is 4.79 Å². The van der Waals surface area contributed by atoms with Crippen molar-refractivity contribution in [2.75, 3.05) is 12.4 Å². The maximum absolute atomic E-state index is 12.2. The number of ether oxygens (including phenoxy) is 2. The van der Waals surface area contributed by atoms with Gasteiger partial charge in [0.15, 0.2) is 6.10 Å². The third-order valence-electron chi connectivity index (χ3n) is 3.12. The van der Waals surface area contributed by atoms with Crippen molar-refractivity contribution in [3.63, 3.8) is 0 Å². The number of amides is 1. The quantitative estimate of drug-likeness (QED) is 0.804. The maximum atomic E-state index is 12.2. The zero-order valence-corrected chi connectivity index (χ0v) is 14.5. The first-order chi connectivity index (χ1) is 11.4. The number of hydrogen-bond donors (Lipinski definition) is 1. The summed E-state index contributed by atoms with van der Waals surface area (Å²) in [6, 6.07) is 11.3. The van der Waals surface area contributed by atoms with Crippen LogP contribution < -0.4 is 10.1 Å². The van der Waals surface area contributed by atoms with Crippen molar-refractivity contribution in [3.8, 4) is 5.75 Å². The zero-order chi connectivity index (χ0) is 17.7. The third-order valence-corrected chi connectivity index (χ3v) is 3.55. The Bertz CT molecular complexity index is 744. The first-order valence-corrected chi connectivity index (χ1v) is 7.77. The molecule has 1 amide bonds. The van der Waals surface area contributed by atoms with E-state index in [1.54, 1.807) is 24.3 Å². The van der Waals surface area contributed by atoms with Gasteiger partial charge in [-0.1, -0.05) is 35.3 Å². The molecule has 0 aliphatic rings. The summed E-state index contributed by atoms with van der Waals surface area (Å²) in [6.07, 6.45) is -1.01. The Labute approximate surface area is 149 Å². The van der Waals surface area contributed by atoms with Gasteiger partial charge in [0.05, 0.1) is 18.4 Å². The van der Waals surface area contributed by atoms with Crippen LogP contribution in [0.3, 0.4) is 0 Å². The summed E-state index contributed by atoms with van der Waals surface area (Å²) in [7, 11) is 1.50. The standard InChI is InChI=1S/C17H15Cl2NO4/c1-10(16(21)20-14-5-3-4-6-15(14)23-2)24-17(22)11-7-12(18)9-13(19)8-11/h3-10H,1-2H3,(H,20,21)/t10-/m0/s1.